The van der Waals surface area contributed by atoms with Gasteiger partial charge >= 0.3 is 5.97 Å². The molecule has 2 aliphatic rings. The van der Waals surface area contributed by atoms with Crippen LogP contribution in [0.4, 0.5) is 4.39 Å². The van der Waals surface area contributed by atoms with E-state index in [9.17, 15) is 18.8 Å². The van der Waals surface area contributed by atoms with Gasteiger partial charge in [-0.15, -0.1) is 0 Å². The van der Waals surface area contributed by atoms with E-state index in [1.54, 1.807) is 25.1 Å². The van der Waals surface area contributed by atoms with Crippen molar-refractivity contribution in [1.82, 2.24) is 19.8 Å². The molecule has 2 aromatic rings. The average Bonchev–Trinajstić information content (AvgIpc) is 3.05. The number of aromatic nitrogens is 2. The molecule has 1 aromatic carbocycles. The molecule has 0 bridgehead atoms. The summed E-state index contributed by atoms with van der Waals surface area (Å²) in [6.45, 7) is 1.65. The number of amides is 2. The molecule has 0 unspecified atom stereocenters. The Balaban J connectivity index is 1.71. The second-order valence-electron chi connectivity index (χ2n) is 8.98. The number of imidazole rings is 1. The third-order valence-corrected chi connectivity index (χ3v) is 6.70. The van der Waals surface area contributed by atoms with Crippen LogP contribution in [0.5, 0.6) is 0 Å². The minimum Gasteiger partial charge on any atom is -0.464 e. The Kier molecular flexibility index (Phi) is 6.49. The van der Waals surface area contributed by atoms with Crippen LogP contribution in [0.1, 0.15) is 72.0 Å². The van der Waals surface area contributed by atoms with Crippen LogP contribution in [0.15, 0.2) is 30.6 Å². The normalized spacial score (nSPS) is 21.3. The van der Waals surface area contributed by atoms with E-state index in [4.69, 9.17) is 4.74 Å². The molecular weight excluding hydrogens is 427 g/mol. The summed E-state index contributed by atoms with van der Waals surface area (Å²) in [4.78, 5) is 44.9. The van der Waals surface area contributed by atoms with Gasteiger partial charge in [-0.1, -0.05) is 43.9 Å². The zero-order valence-electron chi connectivity index (χ0n) is 19.0. The largest absolute Gasteiger partial charge is 0.464 e. The van der Waals surface area contributed by atoms with Crippen LogP contribution in [0.2, 0.25) is 0 Å². The summed E-state index contributed by atoms with van der Waals surface area (Å²) in [5.74, 6) is -2.07. The van der Waals surface area contributed by atoms with Crippen LogP contribution in [0, 0.1) is 5.82 Å². The molecule has 1 fully saturated rings. The van der Waals surface area contributed by atoms with Gasteiger partial charge in [0.1, 0.15) is 17.1 Å². The van der Waals surface area contributed by atoms with Crippen molar-refractivity contribution < 1.29 is 23.5 Å². The average molecular weight is 457 g/mol. The molecule has 9 heteroatoms. The highest BCUT2D eigenvalue weighted by Gasteiger charge is 2.49. The maximum Gasteiger partial charge on any atom is 0.359 e. The molecule has 2 amide bonds. The Morgan fingerprint density at radius 2 is 1.91 bits per heavy atom. The van der Waals surface area contributed by atoms with Crippen LogP contribution < -0.4 is 5.32 Å². The fourth-order valence-electron chi connectivity index (χ4n) is 4.74. The van der Waals surface area contributed by atoms with E-state index in [2.05, 4.69) is 10.3 Å². The summed E-state index contributed by atoms with van der Waals surface area (Å²) < 4.78 is 20.8. The first-order chi connectivity index (χ1) is 15.8. The van der Waals surface area contributed by atoms with Gasteiger partial charge in [0.25, 0.3) is 5.91 Å². The van der Waals surface area contributed by atoms with E-state index in [1.165, 1.54) is 29.0 Å². The van der Waals surface area contributed by atoms with Gasteiger partial charge in [0.05, 0.1) is 26.5 Å². The molecule has 1 aliphatic heterocycles. The summed E-state index contributed by atoms with van der Waals surface area (Å²) in [6.07, 6.45) is 7.56. The number of benzene rings is 1. The summed E-state index contributed by atoms with van der Waals surface area (Å²) in [7, 11) is 1.21. The second kappa shape index (κ2) is 9.33. The molecule has 1 N–H and O–H groups in total. The SMILES string of the molecule is COC(=O)c1ncn2c1C(=O)N(Cc1ccccc1F)[C@@](C)(C(=O)NC1CCCCCC1)C2. The van der Waals surface area contributed by atoms with E-state index in [-0.39, 0.29) is 42.0 Å². The molecule has 33 heavy (non-hydrogen) atoms. The zero-order valence-corrected chi connectivity index (χ0v) is 19.0. The number of halogens is 1. The van der Waals surface area contributed by atoms with Gasteiger partial charge in [-0.3, -0.25) is 9.59 Å². The quantitative estimate of drug-likeness (QED) is 0.551. The number of methoxy groups -OCH3 is 1. The molecule has 1 atom stereocenters. The number of esters is 1. The smallest absolute Gasteiger partial charge is 0.359 e. The predicted molar refractivity (Wildman–Crippen MR) is 118 cm³/mol. The van der Waals surface area contributed by atoms with Gasteiger partial charge < -0.3 is 19.5 Å². The molecule has 2 heterocycles. The minimum atomic E-state index is -1.30. The summed E-state index contributed by atoms with van der Waals surface area (Å²) in [6, 6.07) is 6.19. The van der Waals surface area contributed by atoms with Gasteiger partial charge in [0.2, 0.25) is 5.91 Å². The van der Waals surface area contributed by atoms with Crippen molar-refractivity contribution in [2.45, 2.75) is 70.1 Å². The summed E-state index contributed by atoms with van der Waals surface area (Å²) in [5, 5.41) is 3.14. The summed E-state index contributed by atoms with van der Waals surface area (Å²) in [5.41, 5.74) is -1.09. The van der Waals surface area contributed by atoms with Crippen LogP contribution in [0.3, 0.4) is 0 Å². The number of fused-ring (bicyclic) bond motifs is 1. The highest BCUT2D eigenvalue weighted by molar-refractivity contribution is 6.06. The van der Waals surface area contributed by atoms with Gasteiger partial charge in [-0.2, -0.15) is 0 Å². The first kappa shape index (κ1) is 22.9. The van der Waals surface area contributed by atoms with Crippen LogP contribution in [0.25, 0.3) is 0 Å². The first-order valence-corrected chi connectivity index (χ1v) is 11.3. The molecular formula is C24H29FN4O4. The molecule has 1 aromatic heterocycles. The highest BCUT2D eigenvalue weighted by Crippen LogP contribution is 2.32. The lowest BCUT2D eigenvalue weighted by Crippen LogP contribution is -2.64. The van der Waals surface area contributed by atoms with Crippen LogP contribution >= 0.6 is 0 Å². The number of carbonyl (C=O) groups is 3. The Bertz CT molecular complexity index is 1060. The Morgan fingerprint density at radius 1 is 1.21 bits per heavy atom. The number of nitrogens with zero attached hydrogens (tertiary/aromatic N) is 3. The van der Waals surface area contributed by atoms with Gasteiger partial charge in [-0.05, 0) is 25.8 Å². The molecule has 1 aliphatic carbocycles. The van der Waals surface area contributed by atoms with Gasteiger partial charge in [0.15, 0.2) is 5.69 Å². The number of nitrogens with one attached hydrogen (secondary N) is 1. The standard InChI is InChI=1S/C24H29FN4O4/c1-24(23(32)27-17-10-5-3-4-6-11-17)14-28-15-26-19(22(31)33-2)20(28)21(30)29(24)13-16-9-7-8-12-18(16)25/h7-9,12,15,17H,3-6,10-11,13-14H2,1-2H3,(H,27,32)/t24-/m1/s1. The van der Waals surface area contributed by atoms with E-state index in [0.717, 1.165) is 38.5 Å². The molecule has 0 saturated heterocycles. The van der Waals surface area contributed by atoms with E-state index < -0.39 is 23.2 Å². The molecule has 4 rings (SSSR count). The number of hydrogen-bond acceptors (Lipinski definition) is 5. The monoisotopic (exact) mass is 456 g/mol. The third-order valence-electron chi connectivity index (χ3n) is 6.70. The number of carbonyl (C=O) groups excluding carboxylic acids is 3. The molecule has 8 nitrogen and oxygen atoms in total. The molecule has 0 radical (unpaired) electrons. The maximum atomic E-state index is 14.5. The Morgan fingerprint density at radius 3 is 2.58 bits per heavy atom. The first-order valence-electron chi connectivity index (χ1n) is 11.3. The highest BCUT2D eigenvalue weighted by atomic mass is 19.1. The predicted octanol–water partition coefficient (Wildman–Crippen LogP) is 3.06. The van der Waals surface area contributed by atoms with Crippen molar-refractivity contribution in [3.05, 3.63) is 53.4 Å². The molecule has 0 spiro atoms. The fraction of sp³-hybridized carbons (Fsp3) is 0.500. The molecule has 1 saturated carbocycles. The third kappa shape index (κ3) is 4.36. The van der Waals surface area contributed by atoms with Crippen molar-refractivity contribution in [3.63, 3.8) is 0 Å². The lowest BCUT2D eigenvalue weighted by molar-refractivity contribution is -0.134. The van der Waals surface area contributed by atoms with Crippen LogP contribution in [-0.4, -0.2) is 50.9 Å². The Hall–Kier alpha value is -3.23. The van der Waals surface area contributed by atoms with E-state index >= 15 is 0 Å². The number of ether oxygens (including phenoxy) is 1. The van der Waals surface area contributed by atoms with Crippen molar-refractivity contribution in [2.75, 3.05) is 7.11 Å². The van der Waals surface area contributed by atoms with Crippen molar-refractivity contribution in [2.24, 2.45) is 0 Å². The Labute approximate surface area is 192 Å². The lowest BCUT2D eigenvalue weighted by Gasteiger charge is -2.44. The van der Waals surface area contributed by atoms with E-state index in [0.29, 0.717) is 0 Å². The minimum absolute atomic E-state index is 0.0389. The number of rotatable bonds is 5. The van der Waals surface area contributed by atoms with Crippen molar-refractivity contribution in [1.29, 1.82) is 0 Å². The summed E-state index contributed by atoms with van der Waals surface area (Å²) >= 11 is 0. The van der Waals surface area contributed by atoms with Crippen molar-refractivity contribution >= 4 is 17.8 Å². The second-order valence-corrected chi connectivity index (χ2v) is 8.98. The van der Waals surface area contributed by atoms with Crippen LogP contribution in [-0.2, 0) is 22.6 Å². The van der Waals surface area contributed by atoms with E-state index in [1.807, 2.05) is 0 Å². The topological polar surface area (TPSA) is 93.5 Å². The van der Waals surface area contributed by atoms with Gasteiger partial charge in [0, 0.05) is 11.6 Å². The maximum absolute atomic E-state index is 14.5. The van der Waals surface area contributed by atoms with Crippen molar-refractivity contribution in [3.8, 4) is 0 Å². The lowest BCUT2D eigenvalue weighted by atomic mass is 9.92. The zero-order chi connectivity index (χ0) is 23.6. The van der Waals surface area contributed by atoms with Gasteiger partial charge in [-0.25, -0.2) is 14.2 Å². The molecule has 176 valence electrons. The fourth-order valence-corrected chi connectivity index (χ4v) is 4.74. The number of hydrogen-bond donors (Lipinski definition) is 1.